The molecule has 3 heterocycles. The number of nitrogens with zero attached hydrogens (tertiary/aromatic N) is 6. The molecule has 0 spiro atoms. The first-order chi connectivity index (χ1) is 17.5. The molecule has 14 heteroatoms. The molecule has 0 aliphatic carbocycles. The Hall–Kier alpha value is -4.28. The van der Waals surface area contributed by atoms with Crippen LogP contribution < -0.4 is 15.0 Å². The summed E-state index contributed by atoms with van der Waals surface area (Å²) in [5, 5.41) is 27.1. The zero-order chi connectivity index (χ0) is 27.2. The number of anilines is 2. The number of aromatic nitrogens is 4. The van der Waals surface area contributed by atoms with Crippen LogP contribution in [0.3, 0.4) is 0 Å². The third kappa shape index (κ3) is 7.35. The van der Waals surface area contributed by atoms with Crippen molar-refractivity contribution in [3.8, 4) is 11.8 Å². The van der Waals surface area contributed by atoms with Gasteiger partial charge in [0, 0.05) is 32.0 Å². The number of aliphatic carboxylic acids is 1. The van der Waals surface area contributed by atoms with Gasteiger partial charge in [0.2, 0.25) is 0 Å². The number of carbonyl (C=O) groups is 1. The molecule has 1 fully saturated rings. The van der Waals surface area contributed by atoms with E-state index in [0.29, 0.717) is 29.9 Å². The lowest BCUT2D eigenvalue weighted by Gasteiger charge is -2.34. The number of carboxylic acid groups (broad SMARTS) is 1. The molecule has 0 amide bonds. The van der Waals surface area contributed by atoms with E-state index in [2.05, 4.69) is 25.4 Å². The van der Waals surface area contributed by atoms with E-state index in [9.17, 15) is 17.6 Å². The fourth-order valence-corrected chi connectivity index (χ4v) is 3.44. The van der Waals surface area contributed by atoms with Gasteiger partial charge in [0.15, 0.2) is 23.2 Å². The van der Waals surface area contributed by atoms with E-state index in [1.54, 1.807) is 18.5 Å². The Morgan fingerprint density at radius 1 is 1.19 bits per heavy atom. The molecule has 3 aromatic rings. The van der Waals surface area contributed by atoms with E-state index in [0.717, 1.165) is 18.7 Å². The molecule has 4 rings (SSSR count). The van der Waals surface area contributed by atoms with Crippen LogP contribution in [0.1, 0.15) is 32.3 Å². The topological polar surface area (TPSA) is 137 Å². The summed E-state index contributed by atoms with van der Waals surface area (Å²) >= 11 is 0. The molecule has 0 unspecified atom stereocenters. The molecule has 0 bridgehead atoms. The number of halogens is 4. The number of benzene rings is 1. The summed E-state index contributed by atoms with van der Waals surface area (Å²) in [6.07, 6.45) is -0.549. The summed E-state index contributed by atoms with van der Waals surface area (Å²) in [4.78, 5) is 20.5. The number of ether oxygens (including phenoxy) is 1. The zero-order valence-corrected chi connectivity index (χ0v) is 19.8. The van der Waals surface area contributed by atoms with Crippen LogP contribution in [-0.2, 0) is 4.79 Å². The van der Waals surface area contributed by atoms with Crippen LogP contribution in [0, 0.1) is 17.1 Å². The smallest absolute Gasteiger partial charge is 0.487 e. The first kappa shape index (κ1) is 27.3. The molecule has 196 valence electrons. The van der Waals surface area contributed by atoms with Gasteiger partial charge in [0.1, 0.15) is 17.1 Å². The Balaban J connectivity index is 0.000000479. The van der Waals surface area contributed by atoms with E-state index in [-0.39, 0.29) is 23.5 Å². The van der Waals surface area contributed by atoms with Crippen LogP contribution in [0.4, 0.5) is 29.2 Å². The Labute approximate surface area is 208 Å². The predicted octanol–water partition coefficient (Wildman–Crippen LogP) is 3.93. The minimum absolute atomic E-state index is 0.107. The van der Waals surface area contributed by atoms with Gasteiger partial charge in [0.25, 0.3) is 0 Å². The van der Waals surface area contributed by atoms with Crippen molar-refractivity contribution in [3.05, 3.63) is 42.0 Å². The van der Waals surface area contributed by atoms with Crippen molar-refractivity contribution in [1.29, 1.82) is 5.26 Å². The molecular weight excluding hydrogens is 498 g/mol. The quantitative estimate of drug-likeness (QED) is 0.475. The van der Waals surface area contributed by atoms with Gasteiger partial charge in [-0.2, -0.15) is 28.6 Å². The molecule has 0 saturated carbocycles. The van der Waals surface area contributed by atoms with Crippen molar-refractivity contribution in [2.45, 2.75) is 45.0 Å². The second-order valence-corrected chi connectivity index (χ2v) is 8.32. The first-order valence-electron chi connectivity index (χ1n) is 11.1. The Morgan fingerprint density at radius 3 is 2.30 bits per heavy atom. The Morgan fingerprint density at radius 2 is 1.78 bits per heavy atom. The maximum absolute atomic E-state index is 14.1. The molecule has 1 aliphatic rings. The van der Waals surface area contributed by atoms with Crippen LogP contribution in [0.5, 0.6) is 5.75 Å². The van der Waals surface area contributed by atoms with Crippen molar-refractivity contribution >= 4 is 28.6 Å². The van der Waals surface area contributed by atoms with Crippen LogP contribution in [0.15, 0.2) is 30.6 Å². The lowest BCUT2D eigenvalue weighted by Crippen LogP contribution is -2.39. The molecule has 0 atom stereocenters. The van der Waals surface area contributed by atoms with Crippen LogP contribution in [-0.4, -0.2) is 62.7 Å². The molecule has 2 aromatic heterocycles. The number of hydrogen-bond acceptors (Lipinski definition) is 9. The number of carboxylic acids is 1. The van der Waals surface area contributed by atoms with Gasteiger partial charge in [-0.15, -0.1) is 0 Å². The molecule has 10 nitrogen and oxygen atoms in total. The highest BCUT2D eigenvalue weighted by atomic mass is 19.4. The van der Waals surface area contributed by atoms with E-state index in [1.165, 1.54) is 12.1 Å². The van der Waals surface area contributed by atoms with E-state index in [4.69, 9.17) is 24.9 Å². The van der Waals surface area contributed by atoms with Crippen molar-refractivity contribution in [2.75, 3.05) is 23.3 Å². The normalized spacial score (nSPS) is 14.1. The van der Waals surface area contributed by atoms with Gasteiger partial charge in [0.05, 0.1) is 24.0 Å². The van der Waals surface area contributed by atoms with Crippen LogP contribution in [0.2, 0.25) is 0 Å². The zero-order valence-electron chi connectivity index (χ0n) is 19.8. The number of piperidine rings is 1. The third-order valence-electron chi connectivity index (χ3n) is 5.12. The molecule has 2 N–H and O–H groups in total. The summed E-state index contributed by atoms with van der Waals surface area (Å²) in [6, 6.07) is 6.40. The van der Waals surface area contributed by atoms with Gasteiger partial charge in [-0.25, -0.2) is 19.2 Å². The maximum Gasteiger partial charge on any atom is 0.490 e. The molecular formula is C23H23F4N7O3. The summed E-state index contributed by atoms with van der Waals surface area (Å²) in [7, 11) is 0. The van der Waals surface area contributed by atoms with E-state index < -0.39 is 18.0 Å². The van der Waals surface area contributed by atoms with E-state index >= 15 is 0 Å². The van der Waals surface area contributed by atoms with Crippen LogP contribution >= 0.6 is 0 Å². The number of nitrogens with one attached hydrogen (secondary N) is 1. The minimum Gasteiger partial charge on any atom is -0.487 e. The van der Waals surface area contributed by atoms with Gasteiger partial charge in [-0.1, -0.05) is 0 Å². The van der Waals surface area contributed by atoms with E-state index in [1.807, 2.05) is 19.9 Å². The molecule has 1 saturated heterocycles. The maximum atomic E-state index is 14.1. The highest BCUT2D eigenvalue weighted by Crippen LogP contribution is 2.29. The second kappa shape index (κ2) is 11.6. The molecule has 0 radical (unpaired) electrons. The molecule has 1 aliphatic heterocycles. The van der Waals surface area contributed by atoms with Crippen LogP contribution in [0.25, 0.3) is 11.0 Å². The lowest BCUT2D eigenvalue weighted by atomic mass is 10.1. The summed E-state index contributed by atoms with van der Waals surface area (Å²) in [5.74, 6) is -1.61. The first-order valence-corrected chi connectivity index (χ1v) is 11.1. The summed E-state index contributed by atoms with van der Waals surface area (Å²) in [5.41, 5.74) is 1.65. The average Bonchev–Trinajstić information content (AvgIpc) is 2.85. The van der Waals surface area contributed by atoms with Crippen molar-refractivity contribution < 1.29 is 32.2 Å². The van der Waals surface area contributed by atoms with Gasteiger partial charge < -0.3 is 20.1 Å². The van der Waals surface area contributed by atoms with Gasteiger partial charge >= 0.3 is 12.1 Å². The van der Waals surface area contributed by atoms with Gasteiger partial charge in [-0.3, -0.25) is 0 Å². The summed E-state index contributed by atoms with van der Waals surface area (Å²) < 4.78 is 51.7. The minimum atomic E-state index is -5.08. The SMILES string of the molecule is CC(C)Nc1nc2cnncc2nc1N1CCC(Oc2ccc(C#N)cc2F)CC1.O=C(O)C(F)(F)F. The number of rotatable bonds is 5. The standard InChI is InChI=1S/C21H22FN7O.C2HF3O2/c1-13(2)26-20-21(28-18-12-25-24-11-17(18)27-20)29-7-5-15(6-8-29)30-19-4-3-14(10-23)9-16(19)22;3-2(4,5)1(6)7/h3-4,9,11-13,15H,5-8H2,1-2H3,(H,26,27);(H,6,7). The largest absolute Gasteiger partial charge is 0.490 e. The van der Waals surface area contributed by atoms with Crippen molar-refractivity contribution in [3.63, 3.8) is 0 Å². The fourth-order valence-electron chi connectivity index (χ4n) is 3.44. The van der Waals surface area contributed by atoms with Crippen molar-refractivity contribution in [1.82, 2.24) is 20.2 Å². The molecule has 37 heavy (non-hydrogen) atoms. The highest BCUT2D eigenvalue weighted by Gasteiger charge is 2.38. The monoisotopic (exact) mass is 521 g/mol. The number of nitriles is 1. The number of fused-ring (bicyclic) bond motifs is 1. The highest BCUT2D eigenvalue weighted by molar-refractivity contribution is 5.79. The summed E-state index contributed by atoms with van der Waals surface area (Å²) in [6.45, 7) is 5.50. The Bertz CT molecular complexity index is 1290. The lowest BCUT2D eigenvalue weighted by molar-refractivity contribution is -0.192. The fraction of sp³-hybridized carbons (Fsp3) is 0.391. The number of alkyl halides is 3. The predicted molar refractivity (Wildman–Crippen MR) is 125 cm³/mol. The van der Waals surface area contributed by atoms with Crippen molar-refractivity contribution in [2.24, 2.45) is 0 Å². The average molecular weight is 521 g/mol. The third-order valence-corrected chi connectivity index (χ3v) is 5.12. The van der Waals surface area contributed by atoms with Gasteiger partial charge in [-0.05, 0) is 32.0 Å². The second-order valence-electron chi connectivity index (χ2n) is 8.32. The Kier molecular flexibility index (Phi) is 8.59. The number of hydrogen-bond donors (Lipinski definition) is 2. The molecule has 1 aromatic carbocycles.